The monoisotopic (exact) mass is 244 g/mol. The van der Waals surface area contributed by atoms with Crippen molar-refractivity contribution < 1.29 is 19.4 Å². The number of methoxy groups -OCH3 is 1. The summed E-state index contributed by atoms with van der Waals surface area (Å²) >= 11 is 5.73. The van der Waals surface area contributed by atoms with Crippen molar-refractivity contribution in [1.29, 1.82) is 0 Å². The van der Waals surface area contributed by atoms with Gasteiger partial charge in [0, 0.05) is 11.5 Å². The van der Waals surface area contributed by atoms with E-state index in [9.17, 15) is 14.7 Å². The maximum Gasteiger partial charge on any atom is 0.316 e. The van der Waals surface area contributed by atoms with Crippen LogP contribution < -0.4 is 0 Å². The van der Waals surface area contributed by atoms with E-state index in [0.717, 1.165) is 0 Å². The summed E-state index contributed by atoms with van der Waals surface area (Å²) < 4.78 is 4.54. The molecule has 88 valence electrons. The van der Waals surface area contributed by atoms with E-state index in [0.29, 0.717) is 5.03 Å². The maximum absolute atomic E-state index is 11.6. The van der Waals surface area contributed by atoms with Crippen molar-refractivity contribution in [2.75, 3.05) is 7.11 Å². The molecule has 0 aromatic heterocycles. The van der Waals surface area contributed by atoms with Crippen molar-refractivity contribution in [3.05, 3.63) is 23.3 Å². The fourth-order valence-electron chi connectivity index (χ4n) is 1.58. The highest BCUT2D eigenvalue weighted by Crippen LogP contribution is 2.31. The predicted molar refractivity (Wildman–Crippen MR) is 58.8 cm³/mol. The molecule has 1 aliphatic rings. The minimum Gasteiger partial charge on any atom is -0.468 e. The normalized spacial score (nSPS) is 28.5. The zero-order valence-electron chi connectivity index (χ0n) is 9.07. The van der Waals surface area contributed by atoms with E-state index >= 15 is 0 Å². The third-order valence-electron chi connectivity index (χ3n) is 2.52. The van der Waals surface area contributed by atoms with Crippen LogP contribution in [0.4, 0.5) is 0 Å². The Morgan fingerprint density at radius 1 is 1.62 bits per heavy atom. The Balaban J connectivity index is 3.13. The van der Waals surface area contributed by atoms with Gasteiger partial charge in [0.25, 0.3) is 0 Å². The number of aliphatic hydroxyl groups is 1. The van der Waals surface area contributed by atoms with Gasteiger partial charge in [0.15, 0.2) is 11.4 Å². The highest BCUT2D eigenvalue weighted by Gasteiger charge is 2.45. The van der Waals surface area contributed by atoms with Crippen LogP contribution in [0.3, 0.4) is 0 Å². The van der Waals surface area contributed by atoms with E-state index in [1.54, 1.807) is 6.92 Å². The zero-order valence-corrected chi connectivity index (χ0v) is 9.82. The Morgan fingerprint density at radius 2 is 2.25 bits per heavy atom. The summed E-state index contributed by atoms with van der Waals surface area (Å²) in [5.41, 5.74) is -1.85. The number of rotatable bonds is 3. The predicted octanol–water partition coefficient (Wildman–Crippen LogP) is 1.18. The molecule has 0 saturated heterocycles. The summed E-state index contributed by atoms with van der Waals surface area (Å²) in [6.07, 6.45) is 4.08. The highest BCUT2D eigenvalue weighted by atomic mass is 35.5. The fraction of sp³-hybridized carbons (Fsp3) is 0.455. The summed E-state index contributed by atoms with van der Waals surface area (Å²) in [6, 6.07) is 0. The number of hydrogen-bond donors (Lipinski definition) is 1. The van der Waals surface area contributed by atoms with E-state index in [1.165, 1.54) is 25.3 Å². The topological polar surface area (TPSA) is 63.6 Å². The van der Waals surface area contributed by atoms with Crippen LogP contribution in [0.1, 0.15) is 13.3 Å². The molecule has 16 heavy (non-hydrogen) atoms. The first-order chi connectivity index (χ1) is 7.45. The van der Waals surface area contributed by atoms with Gasteiger partial charge in [-0.2, -0.15) is 0 Å². The van der Waals surface area contributed by atoms with Crippen LogP contribution in [0.5, 0.6) is 0 Å². The molecule has 0 amide bonds. The lowest BCUT2D eigenvalue weighted by molar-refractivity contribution is -0.155. The minimum atomic E-state index is -1.85. The summed E-state index contributed by atoms with van der Waals surface area (Å²) in [5.74, 6) is -2.21. The van der Waals surface area contributed by atoms with Crippen molar-refractivity contribution in [2.24, 2.45) is 5.92 Å². The van der Waals surface area contributed by atoms with Crippen LogP contribution in [0.2, 0.25) is 0 Å². The van der Waals surface area contributed by atoms with Gasteiger partial charge in [-0.05, 0) is 18.2 Å². The quantitative estimate of drug-likeness (QED) is 0.758. The maximum atomic E-state index is 11.6. The molecule has 0 saturated carbocycles. The van der Waals surface area contributed by atoms with E-state index in [-0.39, 0.29) is 6.42 Å². The number of ketones is 1. The molecule has 0 spiro atoms. The first-order valence-corrected chi connectivity index (χ1v) is 5.23. The van der Waals surface area contributed by atoms with Gasteiger partial charge < -0.3 is 9.84 Å². The lowest BCUT2D eigenvalue weighted by Gasteiger charge is -2.30. The standard InChI is InChI=1S/C11H13ClO4/c1-3-9(13)11(15)5-4-7(12)6-8(11)10(14)16-2/h4-6,8,15H,3H2,1-2H3. The number of carbonyl (C=O) groups excluding carboxylic acids is 2. The number of esters is 1. The van der Waals surface area contributed by atoms with Gasteiger partial charge in [-0.25, -0.2) is 0 Å². The second-order valence-corrected chi connectivity index (χ2v) is 3.92. The van der Waals surface area contributed by atoms with Gasteiger partial charge in [0.1, 0.15) is 5.92 Å². The van der Waals surface area contributed by atoms with Crippen LogP contribution in [-0.4, -0.2) is 29.6 Å². The molecule has 1 rings (SSSR count). The van der Waals surface area contributed by atoms with Gasteiger partial charge in [-0.15, -0.1) is 0 Å². The molecule has 0 aromatic rings. The van der Waals surface area contributed by atoms with Crippen molar-refractivity contribution >= 4 is 23.4 Å². The molecule has 4 nitrogen and oxygen atoms in total. The molecule has 2 atom stereocenters. The molecule has 0 heterocycles. The zero-order chi connectivity index (χ0) is 12.3. The van der Waals surface area contributed by atoms with Gasteiger partial charge >= 0.3 is 5.97 Å². The highest BCUT2D eigenvalue weighted by molar-refractivity contribution is 6.31. The van der Waals surface area contributed by atoms with Crippen LogP contribution in [0.15, 0.2) is 23.3 Å². The van der Waals surface area contributed by atoms with E-state index in [1.807, 2.05) is 0 Å². The largest absolute Gasteiger partial charge is 0.468 e. The summed E-state index contributed by atoms with van der Waals surface area (Å²) in [6.45, 7) is 1.61. The molecule has 2 unspecified atom stereocenters. The third-order valence-corrected chi connectivity index (χ3v) is 2.77. The number of ether oxygens (including phenoxy) is 1. The smallest absolute Gasteiger partial charge is 0.316 e. The Labute approximate surface area is 98.5 Å². The summed E-state index contributed by atoms with van der Waals surface area (Å²) in [7, 11) is 1.19. The Kier molecular flexibility index (Phi) is 3.88. The molecule has 0 aliphatic heterocycles. The van der Waals surface area contributed by atoms with Crippen LogP contribution in [-0.2, 0) is 14.3 Å². The number of hydrogen-bond acceptors (Lipinski definition) is 4. The van der Waals surface area contributed by atoms with Crippen LogP contribution in [0, 0.1) is 5.92 Å². The molecular formula is C11H13ClO4. The number of carbonyl (C=O) groups is 2. The first kappa shape index (κ1) is 12.9. The van der Waals surface area contributed by atoms with E-state index in [4.69, 9.17) is 11.6 Å². The summed E-state index contributed by atoms with van der Waals surface area (Å²) in [4.78, 5) is 23.1. The number of allylic oxidation sites excluding steroid dienone is 2. The fourth-order valence-corrected chi connectivity index (χ4v) is 1.77. The molecule has 1 aliphatic carbocycles. The molecule has 0 bridgehead atoms. The van der Waals surface area contributed by atoms with Crippen LogP contribution in [0.25, 0.3) is 0 Å². The third kappa shape index (κ3) is 2.18. The van der Waals surface area contributed by atoms with Crippen molar-refractivity contribution in [3.8, 4) is 0 Å². The van der Waals surface area contributed by atoms with Crippen molar-refractivity contribution in [2.45, 2.75) is 18.9 Å². The summed E-state index contributed by atoms with van der Waals surface area (Å²) in [5, 5.41) is 10.5. The lowest BCUT2D eigenvalue weighted by atomic mass is 9.79. The Bertz CT molecular complexity index is 372. The SMILES string of the molecule is CCC(=O)C1(O)C=CC(Cl)=CC1C(=O)OC. The molecular weight excluding hydrogens is 232 g/mol. The molecule has 0 aromatic carbocycles. The van der Waals surface area contributed by atoms with Crippen LogP contribution >= 0.6 is 11.6 Å². The first-order valence-electron chi connectivity index (χ1n) is 4.85. The molecule has 5 heteroatoms. The van der Waals surface area contributed by atoms with Gasteiger partial charge in [-0.1, -0.05) is 18.5 Å². The number of Topliss-reactive ketones (excluding diaryl/α,β-unsaturated/α-hetero) is 1. The Hall–Kier alpha value is -1.13. The van der Waals surface area contributed by atoms with Gasteiger partial charge in [-0.3, -0.25) is 9.59 Å². The van der Waals surface area contributed by atoms with Crippen molar-refractivity contribution in [3.63, 3.8) is 0 Å². The lowest BCUT2D eigenvalue weighted by Crippen LogP contribution is -2.48. The molecule has 1 N–H and O–H groups in total. The van der Waals surface area contributed by atoms with Gasteiger partial charge in [0.2, 0.25) is 0 Å². The number of halogens is 1. The second-order valence-electron chi connectivity index (χ2n) is 3.49. The van der Waals surface area contributed by atoms with E-state index < -0.39 is 23.3 Å². The molecule has 0 radical (unpaired) electrons. The minimum absolute atomic E-state index is 0.125. The average molecular weight is 245 g/mol. The second kappa shape index (κ2) is 4.80. The van der Waals surface area contributed by atoms with Gasteiger partial charge in [0.05, 0.1) is 7.11 Å². The van der Waals surface area contributed by atoms with E-state index in [2.05, 4.69) is 4.74 Å². The average Bonchev–Trinajstić information content (AvgIpc) is 2.30. The van der Waals surface area contributed by atoms with Crippen molar-refractivity contribution in [1.82, 2.24) is 0 Å². The Morgan fingerprint density at radius 3 is 2.75 bits per heavy atom. The molecule has 0 fully saturated rings.